The van der Waals surface area contributed by atoms with Gasteiger partial charge in [0.15, 0.2) is 5.76 Å². The Bertz CT molecular complexity index is 587. The van der Waals surface area contributed by atoms with Gasteiger partial charge in [0, 0.05) is 29.7 Å². The number of aromatic nitrogens is 1. The van der Waals surface area contributed by atoms with E-state index in [1.54, 1.807) is 0 Å². The third kappa shape index (κ3) is 3.64. The van der Waals surface area contributed by atoms with Crippen LogP contribution in [0.1, 0.15) is 19.6 Å². The lowest BCUT2D eigenvalue weighted by atomic mass is 10.1. The Labute approximate surface area is 129 Å². The summed E-state index contributed by atoms with van der Waals surface area (Å²) < 4.78 is 11.2. The summed E-state index contributed by atoms with van der Waals surface area (Å²) in [5, 5.41) is 4.86. The molecule has 1 aromatic heterocycles. The van der Waals surface area contributed by atoms with Crippen LogP contribution in [-0.4, -0.2) is 35.4 Å². The van der Waals surface area contributed by atoms with Crippen LogP contribution in [0.2, 0.25) is 5.02 Å². The van der Waals surface area contributed by atoms with Crippen molar-refractivity contribution in [1.29, 1.82) is 0 Å². The monoisotopic (exact) mass is 306 g/mol. The molecule has 0 bridgehead atoms. The summed E-state index contributed by atoms with van der Waals surface area (Å²) in [5.74, 6) is 0.876. The Hall–Kier alpha value is -1.36. The number of morpholine rings is 1. The van der Waals surface area contributed by atoms with E-state index in [1.807, 2.05) is 30.3 Å². The standard InChI is InChI=1S/C16H19ClN2O2/c1-11-8-19(9-12(2)20-11)10-15-7-16(18-21-15)13-3-5-14(17)6-4-13/h3-7,11-12H,8-10H2,1-2H3/t11-,12-/m0/s1. The van der Waals surface area contributed by atoms with Crippen LogP contribution >= 0.6 is 11.6 Å². The number of benzene rings is 1. The van der Waals surface area contributed by atoms with Gasteiger partial charge in [-0.05, 0) is 26.0 Å². The molecule has 0 N–H and O–H groups in total. The van der Waals surface area contributed by atoms with Crippen molar-refractivity contribution >= 4 is 11.6 Å². The van der Waals surface area contributed by atoms with E-state index in [4.69, 9.17) is 20.9 Å². The van der Waals surface area contributed by atoms with Crippen LogP contribution in [-0.2, 0) is 11.3 Å². The van der Waals surface area contributed by atoms with Crippen molar-refractivity contribution in [1.82, 2.24) is 10.1 Å². The lowest BCUT2D eigenvalue weighted by molar-refractivity contribution is -0.0721. The molecule has 2 atom stereocenters. The van der Waals surface area contributed by atoms with Crippen molar-refractivity contribution < 1.29 is 9.26 Å². The van der Waals surface area contributed by atoms with E-state index in [2.05, 4.69) is 23.9 Å². The van der Waals surface area contributed by atoms with E-state index in [9.17, 15) is 0 Å². The summed E-state index contributed by atoms with van der Waals surface area (Å²) in [4.78, 5) is 2.34. The molecule has 1 aromatic carbocycles. The normalized spacial score (nSPS) is 23.4. The maximum atomic E-state index is 5.90. The van der Waals surface area contributed by atoms with Gasteiger partial charge in [-0.2, -0.15) is 0 Å². The zero-order valence-corrected chi connectivity index (χ0v) is 13.0. The Balaban J connectivity index is 1.69. The Kier molecular flexibility index (Phi) is 4.29. The lowest BCUT2D eigenvalue weighted by Crippen LogP contribution is -2.44. The van der Waals surface area contributed by atoms with Crippen LogP contribution in [0, 0.1) is 0 Å². The van der Waals surface area contributed by atoms with Gasteiger partial charge < -0.3 is 9.26 Å². The Morgan fingerprint density at radius 1 is 1.19 bits per heavy atom. The van der Waals surface area contributed by atoms with Crippen LogP contribution in [0.3, 0.4) is 0 Å². The first-order valence-corrected chi connectivity index (χ1v) is 7.57. The SMILES string of the molecule is C[C@H]1CN(Cc2cc(-c3ccc(Cl)cc3)no2)C[C@H](C)O1. The van der Waals surface area contributed by atoms with E-state index in [-0.39, 0.29) is 12.2 Å². The summed E-state index contributed by atoms with van der Waals surface area (Å²) >= 11 is 5.90. The first-order valence-electron chi connectivity index (χ1n) is 7.19. The largest absolute Gasteiger partial charge is 0.373 e. The number of halogens is 1. The van der Waals surface area contributed by atoms with E-state index >= 15 is 0 Å². The highest BCUT2D eigenvalue weighted by molar-refractivity contribution is 6.30. The quantitative estimate of drug-likeness (QED) is 0.868. The molecule has 0 spiro atoms. The van der Waals surface area contributed by atoms with Crippen molar-refractivity contribution in [3.8, 4) is 11.3 Å². The third-order valence-corrected chi connectivity index (χ3v) is 3.83. The highest BCUT2D eigenvalue weighted by Gasteiger charge is 2.23. The fourth-order valence-corrected chi connectivity index (χ4v) is 2.90. The van der Waals surface area contributed by atoms with Gasteiger partial charge in [0.05, 0.1) is 18.8 Å². The number of hydrogen-bond acceptors (Lipinski definition) is 4. The molecule has 0 unspecified atom stereocenters. The van der Waals surface area contributed by atoms with Crippen LogP contribution < -0.4 is 0 Å². The van der Waals surface area contributed by atoms with E-state index in [1.165, 1.54) is 0 Å². The molecule has 1 aliphatic heterocycles. The molecule has 21 heavy (non-hydrogen) atoms. The highest BCUT2D eigenvalue weighted by atomic mass is 35.5. The number of rotatable bonds is 3. The van der Waals surface area contributed by atoms with Gasteiger partial charge in [0.2, 0.25) is 0 Å². The Morgan fingerprint density at radius 3 is 2.52 bits per heavy atom. The molecule has 4 nitrogen and oxygen atoms in total. The van der Waals surface area contributed by atoms with Crippen molar-refractivity contribution in [3.05, 3.63) is 41.1 Å². The van der Waals surface area contributed by atoms with Gasteiger partial charge >= 0.3 is 0 Å². The Morgan fingerprint density at radius 2 is 1.86 bits per heavy atom. The molecule has 1 saturated heterocycles. The first kappa shape index (κ1) is 14.6. The van der Waals surface area contributed by atoms with Crippen molar-refractivity contribution in [2.75, 3.05) is 13.1 Å². The minimum absolute atomic E-state index is 0.257. The molecular weight excluding hydrogens is 288 g/mol. The molecule has 5 heteroatoms. The summed E-state index contributed by atoms with van der Waals surface area (Å²) in [6.45, 7) is 6.80. The van der Waals surface area contributed by atoms with Crippen LogP contribution in [0.25, 0.3) is 11.3 Å². The molecule has 1 fully saturated rings. The van der Waals surface area contributed by atoms with Gasteiger partial charge in [-0.1, -0.05) is 28.9 Å². The fourth-order valence-electron chi connectivity index (χ4n) is 2.78. The molecular formula is C16H19ClN2O2. The van der Waals surface area contributed by atoms with Gasteiger partial charge in [-0.3, -0.25) is 4.90 Å². The molecule has 112 valence electrons. The predicted molar refractivity (Wildman–Crippen MR) is 82.2 cm³/mol. The van der Waals surface area contributed by atoms with Crippen LogP contribution in [0.5, 0.6) is 0 Å². The zero-order chi connectivity index (χ0) is 14.8. The molecule has 1 aliphatic rings. The molecule has 0 amide bonds. The molecule has 2 aromatic rings. The average Bonchev–Trinajstić information content (AvgIpc) is 2.87. The predicted octanol–water partition coefficient (Wildman–Crippen LogP) is 3.60. The number of hydrogen-bond donors (Lipinski definition) is 0. The topological polar surface area (TPSA) is 38.5 Å². The third-order valence-electron chi connectivity index (χ3n) is 3.57. The minimum Gasteiger partial charge on any atom is -0.373 e. The van der Waals surface area contributed by atoms with E-state index < -0.39 is 0 Å². The second kappa shape index (κ2) is 6.18. The molecule has 0 saturated carbocycles. The zero-order valence-electron chi connectivity index (χ0n) is 12.3. The maximum absolute atomic E-state index is 5.90. The van der Waals surface area contributed by atoms with Crippen LogP contribution in [0.4, 0.5) is 0 Å². The van der Waals surface area contributed by atoms with Gasteiger partial charge in [-0.25, -0.2) is 0 Å². The van der Waals surface area contributed by atoms with Gasteiger partial charge in [0.1, 0.15) is 5.69 Å². The average molecular weight is 307 g/mol. The summed E-state index contributed by atoms with van der Waals surface area (Å²) in [7, 11) is 0. The van der Waals surface area contributed by atoms with E-state index in [0.717, 1.165) is 41.7 Å². The molecule has 0 aliphatic carbocycles. The second-order valence-electron chi connectivity index (χ2n) is 5.64. The first-order chi connectivity index (χ1) is 10.1. The second-order valence-corrected chi connectivity index (χ2v) is 6.07. The maximum Gasteiger partial charge on any atom is 0.151 e. The van der Waals surface area contributed by atoms with Crippen molar-refractivity contribution in [2.24, 2.45) is 0 Å². The van der Waals surface area contributed by atoms with Gasteiger partial charge in [-0.15, -0.1) is 0 Å². The molecule has 0 radical (unpaired) electrons. The smallest absolute Gasteiger partial charge is 0.151 e. The summed E-state index contributed by atoms with van der Waals surface area (Å²) in [6, 6.07) is 9.60. The molecule has 3 rings (SSSR count). The number of nitrogens with zero attached hydrogens (tertiary/aromatic N) is 2. The fraction of sp³-hybridized carbons (Fsp3) is 0.438. The summed E-state index contributed by atoms with van der Waals surface area (Å²) in [6.07, 6.45) is 0.514. The van der Waals surface area contributed by atoms with Crippen LogP contribution in [0.15, 0.2) is 34.9 Å². The van der Waals surface area contributed by atoms with Gasteiger partial charge in [0.25, 0.3) is 0 Å². The minimum atomic E-state index is 0.257. The highest BCUT2D eigenvalue weighted by Crippen LogP contribution is 2.22. The molecule has 2 heterocycles. The van der Waals surface area contributed by atoms with Crippen molar-refractivity contribution in [3.63, 3.8) is 0 Å². The van der Waals surface area contributed by atoms with E-state index in [0.29, 0.717) is 0 Å². The summed E-state index contributed by atoms with van der Waals surface area (Å²) in [5.41, 5.74) is 1.86. The lowest BCUT2D eigenvalue weighted by Gasteiger charge is -2.34. The van der Waals surface area contributed by atoms with Crippen molar-refractivity contribution in [2.45, 2.75) is 32.6 Å². The number of ether oxygens (including phenoxy) is 1.